The van der Waals surface area contributed by atoms with Gasteiger partial charge in [-0.3, -0.25) is 4.79 Å². The number of unbranched alkanes of at least 4 members (excludes halogenated alkanes) is 14. The Balaban J connectivity index is 2.23. The monoisotopic (exact) mass is 421 g/mol. The van der Waals surface area contributed by atoms with Crippen molar-refractivity contribution in [3.63, 3.8) is 0 Å². The summed E-state index contributed by atoms with van der Waals surface area (Å²) in [5.74, 6) is 0.332. The van der Waals surface area contributed by atoms with Crippen LogP contribution in [0.2, 0.25) is 0 Å². The van der Waals surface area contributed by atoms with Gasteiger partial charge in [-0.25, -0.2) is 0 Å². The molecular weight excluding hydrogens is 374 g/mol. The molecule has 1 rings (SSSR count). The highest BCUT2D eigenvalue weighted by Gasteiger charge is 2.14. The zero-order chi connectivity index (χ0) is 21.0. The van der Waals surface area contributed by atoms with Gasteiger partial charge in [0, 0.05) is 18.0 Å². The Morgan fingerprint density at radius 1 is 0.724 bits per heavy atom. The number of nitrogens with zero attached hydrogens (tertiary/aromatic N) is 1. The minimum Gasteiger partial charge on any atom is -0.342 e. The van der Waals surface area contributed by atoms with Gasteiger partial charge >= 0.3 is 0 Å². The number of rotatable bonds is 20. The third-order valence-electron chi connectivity index (χ3n) is 5.82. The first-order valence-electron chi connectivity index (χ1n) is 12.6. The van der Waals surface area contributed by atoms with Crippen molar-refractivity contribution < 1.29 is 4.79 Å². The zero-order valence-corrected chi connectivity index (χ0v) is 20.2. The van der Waals surface area contributed by atoms with Crippen LogP contribution in [0.5, 0.6) is 0 Å². The summed E-state index contributed by atoms with van der Waals surface area (Å²) in [5, 5.41) is 2.07. The van der Waals surface area contributed by atoms with E-state index in [9.17, 15) is 4.79 Å². The van der Waals surface area contributed by atoms with Crippen molar-refractivity contribution in [2.75, 3.05) is 13.1 Å². The lowest BCUT2D eigenvalue weighted by Gasteiger charge is -2.23. The molecule has 1 heterocycles. The van der Waals surface area contributed by atoms with E-state index in [4.69, 9.17) is 0 Å². The van der Waals surface area contributed by atoms with Crippen LogP contribution in [0.1, 0.15) is 121 Å². The average molecular weight is 422 g/mol. The van der Waals surface area contributed by atoms with E-state index in [1.165, 1.54) is 108 Å². The minimum absolute atomic E-state index is 0.332. The van der Waals surface area contributed by atoms with Gasteiger partial charge in [0.15, 0.2) is 0 Å². The number of carbonyl (C=O) groups excluding carboxylic acids is 1. The maximum absolute atomic E-state index is 12.8. The van der Waals surface area contributed by atoms with Crippen LogP contribution < -0.4 is 0 Å². The van der Waals surface area contributed by atoms with Crippen molar-refractivity contribution in [3.05, 3.63) is 22.4 Å². The summed E-state index contributed by atoms with van der Waals surface area (Å²) in [4.78, 5) is 16.2. The van der Waals surface area contributed by atoms with Crippen molar-refractivity contribution in [1.82, 2.24) is 4.90 Å². The highest BCUT2D eigenvalue weighted by Crippen LogP contribution is 2.14. The summed E-state index contributed by atoms with van der Waals surface area (Å²) in [5.41, 5.74) is 0. The minimum atomic E-state index is 0.332. The molecule has 29 heavy (non-hydrogen) atoms. The second-order valence-corrected chi connectivity index (χ2v) is 9.62. The largest absolute Gasteiger partial charge is 0.342 e. The summed E-state index contributed by atoms with van der Waals surface area (Å²) in [6.45, 7) is 6.45. The first-order chi connectivity index (χ1) is 14.3. The molecule has 1 aromatic heterocycles. The van der Waals surface area contributed by atoms with Gasteiger partial charge in [0.05, 0.1) is 6.42 Å². The summed E-state index contributed by atoms with van der Waals surface area (Å²) in [7, 11) is 0. The molecule has 0 bridgehead atoms. The Morgan fingerprint density at radius 2 is 1.17 bits per heavy atom. The van der Waals surface area contributed by atoms with E-state index >= 15 is 0 Å². The highest BCUT2D eigenvalue weighted by atomic mass is 32.1. The van der Waals surface area contributed by atoms with E-state index in [2.05, 4.69) is 36.3 Å². The molecule has 0 atom stereocenters. The van der Waals surface area contributed by atoms with Crippen LogP contribution in [-0.2, 0) is 11.2 Å². The van der Waals surface area contributed by atoms with Crippen molar-refractivity contribution in [2.45, 2.75) is 123 Å². The Hall–Kier alpha value is -0.830. The normalized spacial score (nSPS) is 11.1. The van der Waals surface area contributed by atoms with Crippen LogP contribution in [0.25, 0.3) is 0 Å². The zero-order valence-electron chi connectivity index (χ0n) is 19.4. The quantitative estimate of drug-likeness (QED) is 0.193. The van der Waals surface area contributed by atoms with E-state index in [0.717, 1.165) is 13.1 Å². The summed E-state index contributed by atoms with van der Waals surface area (Å²) < 4.78 is 0. The molecule has 0 aromatic carbocycles. The third-order valence-corrected chi connectivity index (χ3v) is 6.70. The molecule has 0 saturated carbocycles. The van der Waals surface area contributed by atoms with Gasteiger partial charge in [0.2, 0.25) is 5.91 Å². The fourth-order valence-corrected chi connectivity index (χ4v) is 4.60. The number of hydrogen-bond donors (Lipinski definition) is 0. The highest BCUT2D eigenvalue weighted by molar-refractivity contribution is 7.10. The van der Waals surface area contributed by atoms with Crippen molar-refractivity contribution in [3.8, 4) is 0 Å². The molecule has 0 aliphatic rings. The van der Waals surface area contributed by atoms with Gasteiger partial charge in [-0.1, -0.05) is 110 Å². The predicted molar refractivity (Wildman–Crippen MR) is 130 cm³/mol. The number of hydrogen-bond acceptors (Lipinski definition) is 2. The van der Waals surface area contributed by atoms with Crippen LogP contribution in [0, 0.1) is 0 Å². The maximum atomic E-state index is 12.8. The van der Waals surface area contributed by atoms with E-state index in [1.807, 2.05) is 0 Å². The molecule has 1 amide bonds. The Labute approximate surface area is 185 Å². The molecule has 0 fully saturated rings. The van der Waals surface area contributed by atoms with Gasteiger partial charge in [-0.2, -0.15) is 0 Å². The number of amides is 1. The molecule has 2 nitrogen and oxygen atoms in total. The first-order valence-corrected chi connectivity index (χ1v) is 13.5. The second kappa shape index (κ2) is 19.2. The van der Waals surface area contributed by atoms with Gasteiger partial charge in [0.1, 0.15) is 0 Å². The van der Waals surface area contributed by atoms with E-state index in [1.54, 1.807) is 11.3 Å². The molecular formula is C26H47NOS. The first kappa shape index (κ1) is 26.2. The molecule has 0 saturated heterocycles. The van der Waals surface area contributed by atoms with Crippen LogP contribution in [-0.4, -0.2) is 23.9 Å². The number of carbonyl (C=O) groups is 1. The predicted octanol–water partition coefficient (Wildman–Crippen LogP) is 8.40. The lowest BCUT2D eigenvalue weighted by molar-refractivity contribution is -0.130. The van der Waals surface area contributed by atoms with Crippen LogP contribution in [0.15, 0.2) is 17.5 Å². The molecule has 0 aliphatic heterocycles. The van der Waals surface area contributed by atoms with E-state index < -0.39 is 0 Å². The van der Waals surface area contributed by atoms with E-state index in [-0.39, 0.29) is 0 Å². The lowest BCUT2D eigenvalue weighted by Crippen LogP contribution is -2.34. The molecule has 0 radical (unpaired) electrons. The molecule has 3 heteroatoms. The van der Waals surface area contributed by atoms with Gasteiger partial charge in [-0.15, -0.1) is 11.3 Å². The number of thiophene rings is 1. The average Bonchev–Trinajstić information content (AvgIpc) is 3.23. The van der Waals surface area contributed by atoms with E-state index in [0.29, 0.717) is 12.3 Å². The molecule has 0 spiro atoms. The fourth-order valence-electron chi connectivity index (χ4n) is 3.91. The second-order valence-electron chi connectivity index (χ2n) is 8.59. The summed E-state index contributed by atoms with van der Waals surface area (Å²) in [6.07, 6.45) is 21.8. The molecule has 0 N–H and O–H groups in total. The maximum Gasteiger partial charge on any atom is 0.227 e. The SMILES string of the molecule is CCCCCCCCCCN(CCCCCCCCCC)C(=O)Cc1cccs1. The molecule has 168 valence electrons. The summed E-state index contributed by atoms with van der Waals surface area (Å²) in [6, 6.07) is 4.14. The topological polar surface area (TPSA) is 20.3 Å². The van der Waals surface area contributed by atoms with Crippen molar-refractivity contribution in [2.24, 2.45) is 0 Å². The van der Waals surface area contributed by atoms with Crippen LogP contribution in [0.4, 0.5) is 0 Å². The van der Waals surface area contributed by atoms with Crippen LogP contribution in [0.3, 0.4) is 0 Å². The van der Waals surface area contributed by atoms with Crippen LogP contribution >= 0.6 is 11.3 Å². The molecule has 1 aromatic rings. The van der Waals surface area contributed by atoms with Crippen molar-refractivity contribution in [1.29, 1.82) is 0 Å². The third kappa shape index (κ3) is 14.7. The Morgan fingerprint density at radius 3 is 1.59 bits per heavy atom. The van der Waals surface area contributed by atoms with Gasteiger partial charge in [0.25, 0.3) is 0 Å². The fraction of sp³-hybridized carbons (Fsp3) is 0.808. The van der Waals surface area contributed by atoms with Gasteiger partial charge < -0.3 is 4.90 Å². The van der Waals surface area contributed by atoms with Crippen molar-refractivity contribution >= 4 is 17.2 Å². The standard InChI is InChI=1S/C26H47NOS/c1-3-5-7-9-11-13-15-17-21-27(26(28)24-25-20-19-23-29-25)22-18-16-14-12-10-8-6-4-2/h19-20,23H,3-18,21-22,24H2,1-2H3. The smallest absolute Gasteiger partial charge is 0.227 e. The Bertz CT molecular complexity index is 451. The molecule has 0 unspecified atom stereocenters. The lowest BCUT2D eigenvalue weighted by atomic mass is 10.1. The summed E-state index contributed by atoms with van der Waals surface area (Å²) >= 11 is 1.70. The van der Waals surface area contributed by atoms with Gasteiger partial charge in [-0.05, 0) is 24.3 Å². The molecule has 0 aliphatic carbocycles. The Kier molecular flexibility index (Phi) is 17.3.